The van der Waals surface area contributed by atoms with E-state index in [1.54, 1.807) is 0 Å². The molecular weight excluding hydrogens is 660 g/mol. The zero-order chi connectivity index (χ0) is 28.9. The molecule has 15 heteroatoms. The lowest BCUT2D eigenvalue weighted by Gasteiger charge is -2.18. The highest BCUT2D eigenvalue weighted by Gasteiger charge is 2.33. The fourth-order valence-corrected chi connectivity index (χ4v) is 6.48. The number of carbonyl (C=O) groups is 2. The zero-order valence-electron chi connectivity index (χ0n) is 20.0. The number of anilines is 1. The van der Waals surface area contributed by atoms with Gasteiger partial charge in [-0.05, 0) is 52.7 Å². The topological polar surface area (TPSA) is 101 Å². The fraction of sp³-hybridized carbons (Fsp3) is 0.160. The van der Waals surface area contributed by atoms with Crippen molar-refractivity contribution in [1.82, 2.24) is 13.9 Å². The number of halogens is 6. The second kappa shape index (κ2) is 10.8. The van der Waals surface area contributed by atoms with Gasteiger partial charge in [-0.15, -0.1) is 0 Å². The number of aromatic nitrogens is 2. The summed E-state index contributed by atoms with van der Waals surface area (Å²) in [6, 6.07) is 7.37. The number of alkyl halides is 1. The van der Waals surface area contributed by atoms with E-state index in [1.165, 1.54) is 30.5 Å². The molecule has 0 bridgehead atoms. The van der Waals surface area contributed by atoms with E-state index in [0.29, 0.717) is 4.47 Å². The van der Waals surface area contributed by atoms with E-state index >= 15 is 4.39 Å². The minimum Gasteiger partial charge on any atom is -0.288 e. The number of carbonyl (C=O) groups excluding carboxylic acids is 2. The molecular formula is C25H16BrCl2F3N4O4S. The highest BCUT2D eigenvalue weighted by Crippen LogP contribution is 2.32. The molecule has 0 amide bonds. The summed E-state index contributed by atoms with van der Waals surface area (Å²) in [6.07, 6.45) is 1.00. The van der Waals surface area contributed by atoms with Gasteiger partial charge in [0.2, 0.25) is 5.78 Å². The van der Waals surface area contributed by atoms with Crippen LogP contribution in [0, 0.1) is 11.6 Å². The van der Waals surface area contributed by atoms with Gasteiger partial charge in [0.25, 0.3) is 5.91 Å². The first-order valence-corrected chi connectivity index (χ1v) is 14.5. The van der Waals surface area contributed by atoms with E-state index in [2.05, 4.69) is 20.9 Å². The van der Waals surface area contributed by atoms with Crippen LogP contribution in [0.25, 0.3) is 11.0 Å². The quantitative estimate of drug-likeness (QED) is 0.253. The average Bonchev–Trinajstić information content (AvgIpc) is 3.49. The van der Waals surface area contributed by atoms with Gasteiger partial charge in [0, 0.05) is 35.3 Å². The number of fused-ring (bicyclic) bond motifs is 1. The second-order valence-electron chi connectivity index (χ2n) is 8.80. The third kappa shape index (κ3) is 5.12. The molecule has 4 aromatic rings. The second-order valence-corrected chi connectivity index (χ2v) is 12.2. The van der Waals surface area contributed by atoms with Crippen molar-refractivity contribution < 1.29 is 31.2 Å². The van der Waals surface area contributed by atoms with Gasteiger partial charge in [0.05, 0.1) is 32.4 Å². The maximum Gasteiger partial charge on any atom is 0.301 e. The molecule has 0 saturated carbocycles. The summed E-state index contributed by atoms with van der Waals surface area (Å²) in [6.45, 7) is -0.551. The predicted molar refractivity (Wildman–Crippen MR) is 147 cm³/mol. The van der Waals surface area contributed by atoms with Gasteiger partial charge < -0.3 is 0 Å². The fourth-order valence-electron chi connectivity index (χ4n) is 4.32. The Kier molecular flexibility index (Phi) is 7.70. The van der Waals surface area contributed by atoms with Crippen LogP contribution in [0.15, 0.2) is 53.3 Å². The van der Waals surface area contributed by atoms with Gasteiger partial charge in [0.15, 0.2) is 5.82 Å². The molecule has 2 aromatic heterocycles. The van der Waals surface area contributed by atoms with Crippen LogP contribution in [0.4, 0.5) is 18.9 Å². The number of pyridine rings is 1. The third-order valence-corrected chi connectivity index (χ3v) is 8.79. The maximum absolute atomic E-state index is 15.6. The summed E-state index contributed by atoms with van der Waals surface area (Å²) in [7, 11) is -4.40. The molecule has 8 nitrogen and oxygen atoms in total. The molecule has 1 aliphatic heterocycles. The van der Waals surface area contributed by atoms with Gasteiger partial charge >= 0.3 is 10.2 Å². The van der Waals surface area contributed by atoms with Gasteiger partial charge in [-0.25, -0.2) is 18.2 Å². The van der Waals surface area contributed by atoms with Crippen LogP contribution in [-0.2, 0) is 10.2 Å². The lowest BCUT2D eigenvalue weighted by molar-refractivity contribution is 0.0964. The molecule has 1 saturated heterocycles. The maximum atomic E-state index is 15.6. The number of hydrogen-bond donors (Lipinski definition) is 1. The number of nitrogens with one attached hydrogen (secondary N) is 1. The molecule has 208 valence electrons. The largest absolute Gasteiger partial charge is 0.301 e. The standard InChI is InChI=1S/C25H16BrCl2F3N4O4S/c26-12-8-14-15(11-35(24(14)32-9-12)25(37)20-16(27)2-1-3-17(20)28)23(36)21-18(30)4-5-19(22(21)31)33-40(38,39)34-7-6-13(29)10-34/h1-5,8-9,11,13,33H,6-7,10H2. The van der Waals surface area contributed by atoms with Crippen molar-refractivity contribution in [2.24, 2.45) is 0 Å². The van der Waals surface area contributed by atoms with E-state index in [0.717, 1.165) is 27.2 Å². The SMILES string of the molecule is O=C(c1c(F)ccc(NS(=O)(=O)N2CCC(F)C2)c1F)c1cn(C(=O)c2c(Cl)cccc2Cl)c2ncc(Br)cc12. The summed E-state index contributed by atoms with van der Waals surface area (Å²) in [4.78, 5) is 31.2. The first-order valence-electron chi connectivity index (χ1n) is 11.5. The molecule has 3 heterocycles. The minimum atomic E-state index is -4.40. The van der Waals surface area contributed by atoms with Crippen molar-refractivity contribution in [3.63, 3.8) is 0 Å². The van der Waals surface area contributed by atoms with Crippen molar-refractivity contribution in [1.29, 1.82) is 0 Å². The summed E-state index contributed by atoms with van der Waals surface area (Å²) in [5.41, 5.74) is -2.21. The molecule has 2 aromatic carbocycles. The van der Waals surface area contributed by atoms with Crippen molar-refractivity contribution >= 4 is 77.8 Å². The molecule has 0 aliphatic carbocycles. The Morgan fingerprint density at radius 3 is 2.45 bits per heavy atom. The Hall–Kier alpha value is -2.97. The minimum absolute atomic E-state index is 0.0255. The normalized spacial score (nSPS) is 16.0. The van der Waals surface area contributed by atoms with Crippen LogP contribution in [-0.4, -0.2) is 53.2 Å². The molecule has 5 rings (SSSR count). The van der Waals surface area contributed by atoms with Crippen LogP contribution in [0.3, 0.4) is 0 Å². The third-order valence-electron chi connectivity index (χ3n) is 6.24. The summed E-state index contributed by atoms with van der Waals surface area (Å²) < 4.78 is 73.4. The van der Waals surface area contributed by atoms with Gasteiger partial charge in [-0.3, -0.25) is 18.9 Å². The Bertz CT molecular complexity index is 1800. The van der Waals surface area contributed by atoms with Crippen molar-refractivity contribution in [2.45, 2.75) is 12.6 Å². The molecule has 0 radical (unpaired) electrons. The van der Waals surface area contributed by atoms with Gasteiger partial charge in [0.1, 0.15) is 17.6 Å². The van der Waals surface area contributed by atoms with E-state index in [9.17, 15) is 26.8 Å². The highest BCUT2D eigenvalue weighted by atomic mass is 79.9. The Morgan fingerprint density at radius 2 is 1.80 bits per heavy atom. The molecule has 40 heavy (non-hydrogen) atoms. The van der Waals surface area contributed by atoms with Crippen molar-refractivity contribution in [3.8, 4) is 0 Å². The van der Waals surface area contributed by atoms with Crippen molar-refractivity contribution in [2.75, 3.05) is 17.8 Å². The average molecular weight is 676 g/mol. The van der Waals surface area contributed by atoms with Crippen LogP contribution < -0.4 is 4.72 Å². The molecule has 0 spiro atoms. The van der Waals surface area contributed by atoms with Gasteiger partial charge in [-0.1, -0.05) is 29.3 Å². The van der Waals surface area contributed by atoms with Gasteiger partial charge in [-0.2, -0.15) is 12.7 Å². The molecule has 1 atom stereocenters. The number of rotatable bonds is 6. The molecule has 1 fully saturated rings. The first kappa shape index (κ1) is 28.6. The van der Waals surface area contributed by atoms with Crippen LogP contribution in [0.1, 0.15) is 32.7 Å². The molecule has 1 aliphatic rings. The van der Waals surface area contributed by atoms with E-state index < -0.39 is 57.5 Å². The number of hydrogen-bond acceptors (Lipinski definition) is 5. The molecule has 1 N–H and O–H groups in total. The number of ketones is 1. The lowest BCUT2D eigenvalue weighted by Crippen LogP contribution is -2.34. The van der Waals surface area contributed by atoms with E-state index in [1.807, 2.05) is 4.72 Å². The number of nitrogens with zero attached hydrogens (tertiary/aromatic N) is 3. The predicted octanol–water partition coefficient (Wildman–Crippen LogP) is 6.00. The summed E-state index contributed by atoms with van der Waals surface area (Å²) in [5.74, 6) is -4.72. The van der Waals surface area contributed by atoms with E-state index in [-0.39, 0.29) is 45.2 Å². The van der Waals surface area contributed by atoms with Crippen LogP contribution >= 0.6 is 39.1 Å². The highest BCUT2D eigenvalue weighted by molar-refractivity contribution is 9.10. The van der Waals surface area contributed by atoms with Crippen molar-refractivity contribution in [3.05, 3.63) is 91.6 Å². The summed E-state index contributed by atoms with van der Waals surface area (Å²) >= 11 is 15.6. The molecule has 1 unspecified atom stereocenters. The zero-order valence-corrected chi connectivity index (χ0v) is 23.9. The Balaban J connectivity index is 1.60. The van der Waals surface area contributed by atoms with Crippen LogP contribution in [0.2, 0.25) is 10.0 Å². The van der Waals surface area contributed by atoms with Crippen LogP contribution in [0.5, 0.6) is 0 Å². The summed E-state index contributed by atoms with van der Waals surface area (Å²) in [5, 5.41) is 0.115. The first-order chi connectivity index (χ1) is 18.9. The number of benzene rings is 2. The lowest BCUT2D eigenvalue weighted by atomic mass is 10.0. The van der Waals surface area contributed by atoms with E-state index in [4.69, 9.17) is 23.2 Å². The smallest absolute Gasteiger partial charge is 0.288 e. The monoisotopic (exact) mass is 674 g/mol. The Labute approximate surface area is 244 Å². The Morgan fingerprint density at radius 1 is 1.10 bits per heavy atom.